The second-order valence-corrected chi connectivity index (χ2v) is 7.72. The Labute approximate surface area is 189 Å². The number of morpholine rings is 1. The van der Waals surface area contributed by atoms with Crippen LogP contribution in [0, 0.1) is 11.6 Å². The van der Waals surface area contributed by atoms with Gasteiger partial charge in [0.1, 0.15) is 36.5 Å². The van der Waals surface area contributed by atoms with Gasteiger partial charge in [-0.25, -0.2) is 18.4 Å². The maximum absolute atomic E-state index is 14.9. The topological polar surface area (TPSA) is 77.3 Å². The quantitative estimate of drug-likeness (QED) is 0.422. The second-order valence-electron chi connectivity index (χ2n) is 7.72. The summed E-state index contributed by atoms with van der Waals surface area (Å²) in [4.78, 5) is 30.6. The highest BCUT2D eigenvalue weighted by atomic mass is 19.4. The van der Waals surface area contributed by atoms with Gasteiger partial charge in [0.2, 0.25) is 0 Å². The number of halogens is 5. The first-order chi connectivity index (χ1) is 16.0. The van der Waals surface area contributed by atoms with E-state index in [4.69, 9.17) is 4.74 Å². The molecule has 2 aromatic carbocycles. The minimum atomic E-state index is -4.60. The molecule has 0 bridgehead atoms. The van der Waals surface area contributed by atoms with E-state index in [2.05, 4.69) is 10.1 Å². The van der Waals surface area contributed by atoms with Crippen molar-refractivity contribution in [3.8, 4) is 0 Å². The molecule has 1 aliphatic heterocycles. The first kappa shape index (κ1) is 23.5. The van der Waals surface area contributed by atoms with E-state index in [9.17, 15) is 31.5 Å². The van der Waals surface area contributed by atoms with Crippen molar-refractivity contribution >= 4 is 11.8 Å². The summed E-state index contributed by atoms with van der Waals surface area (Å²) in [5.41, 5.74) is -2.96. The molecule has 2 amide bonds. The third-order valence-electron chi connectivity index (χ3n) is 5.71. The lowest BCUT2D eigenvalue weighted by Crippen LogP contribution is -2.62. The maximum atomic E-state index is 14.9. The van der Waals surface area contributed by atoms with Crippen molar-refractivity contribution in [3.63, 3.8) is 0 Å². The van der Waals surface area contributed by atoms with Crippen LogP contribution >= 0.6 is 0 Å². The highest BCUT2D eigenvalue weighted by molar-refractivity contribution is 6.05. The number of alkyl halides is 3. The van der Waals surface area contributed by atoms with E-state index in [1.54, 1.807) is 0 Å². The number of ether oxygens (including phenoxy) is 1. The number of aromatic nitrogens is 3. The van der Waals surface area contributed by atoms with Gasteiger partial charge < -0.3 is 4.74 Å². The number of imide groups is 1. The molecule has 178 valence electrons. The fraction of sp³-hybridized carbons (Fsp3) is 0.273. The molecule has 4 rings (SSSR count). The van der Waals surface area contributed by atoms with Gasteiger partial charge in [0.15, 0.2) is 0 Å². The Morgan fingerprint density at radius 2 is 1.88 bits per heavy atom. The number of carbonyl (C=O) groups is 2. The molecule has 0 unspecified atom stereocenters. The highest BCUT2D eigenvalue weighted by Crippen LogP contribution is 2.39. The fourth-order valence-corrected chi connectivity index (χ4v) is 3.99. The molecule has 34 heavy (non-hydrogen) atoms. The molecule has 7 nitrogen and oxygen atoms in total. The molecular formula is C22H17F5N4O3. The molecule has 1 fully saturated rings. The van der Waals surface area contributed by atoms with Crippen LogP contribution in [0.1, 0.15) is 28.4 Å². The Morgan fingerprint density at radius 3 is 2.47 bits per heavy atom. The molecule has 0 N–H and O–H groups in total. The van der Waals surface area contributed by atoms with Crippen LogP contribution in [0.2, 0.25) is 0 Å². The predicted octanol–water partition coefficient (Wildman–Crippen LogP) is 3.56. The highest BCUT2D eigenvalue weighted by Gasteiger charge is 2.52. The first-order valence-corrected chi connectivity index (χ1v) is 9.98. The van der Waals surface area contributed by atoms with E-state index < -0.39 is 53.4 Å². The zero-order valence-electron chi connectivity index (χ0n) is 17.6. The summed E-state index contributed by atoms with van der Waals surface area (Å²) >= 11 is 0. The van der Waals surface area contributed by atoms with Crippen LogP contribution in [0.5, 0.6) is 0 Å². The van der Waals surface area contributed by atoms with Gasteiger partial charge >= 0.3 is 6.18 Å². The molecule has 12 heteroatoms. The number of carbonyl (C=O) groups excluding carboxylic acids is 2. The number of benzene rings is 2. The third kappa shape index (κ3) is 4.16. The molecule has 1 aromatic heterocycles. The molecule has 0 radical (unpaired) electrons. The second kappa shape index (κ2) is 8.60. The number of hydrogen-bond acceptors (Lipinski definition) is 5. The van der Waals surface area contributed by atoms with Gasteiger partial charge in [-0.15, -0.1) is 0 Å². The fourth-order valence-electron chi connectivity index (χ4n) is 3.99. The van der Waals surface area contributed by atoms with E-state index >= 15 is 0 Å². The normalized spacial score (nSPS) is 21.1. The standard InChI is InChI=1S/C22H17F5N4O3/c1-13-21(10-30-12-28-11-29-30,17-7-6-16(23)8-18(17)24)34-9-19(32)31(13)20(33)14-2-4-15(5-3-14)22(25,26)27/h2-8,11-13H,9-10H2,1H3/t13-,21-/m1/s1. The van der Waals surface area contributed by atoms with E-state index in [0.717, 1.165) is 41.3 Å². The molecule has 2 heterocycles. The minimum absolute atomic E-state index is 0.130. The molecule has 0 spiro atoms. The smallest absolute Gasteiger partial charge is 0.356 e. The summed E-state index contributed by atoms with van der Waals surface area (Å²) in [6, 6.07) is 5.01. The van der Waals surface area contributed by atoms with Crippen molar-refractivity contribution in [2.24, 2.45) is 0 Å². The van der Waals surface area contributed by atoms with Crippen LogP contribution < -0.4 is 0 Å². The lowest BCUT2D eigenvalue weighted by atomic mass is 9.83. The van der Waals surface area contributed by atoms with Crippen LogP contribution in [0.15, 0.2) is 55.1 Å². The van der Waals surface area contributed by atoms with E-state index in [1.807, 2.05) is 0 Å². The number of rotatable bonds is 4. The van der Waals surface area contributed by atoms with Crippen molar-refractivity contribution in [2.75, 3.05) is 6.61 Å². The zero-order valence-corrected chi connectivity index (χ0v) is 17.6. The van der Waals surface area contributed by atoms with Gasteiger partial charge in [-0.1, -0.05) is 6.07 Å². The average molecular weight is 480 g/mol. The summed E-state index contributed by atoms with van der Waals surface area (Å²) in [5.74, 6) is -3.47. The average Bonchev–Trinajstić information content (AvgIpc) is 3.28. The first-order valence-electron chi connectivity index (χ1n) is 9.98. The molecule has 0 aliphatic carbocycles. The van der Waals surface area contributed by atoms with Gasteiger partial charge in [-0.05, 0) is 37.3 Å². The van der Waals surface area contributed by atoms with Crippen LogP contribution in [0.3, 0.4) is 0 Å². The van der Waals surface area contributed by atoms with Crippen molar-refractivity contribution in [2.45, 2.75) is 31.3 Å². The van der Waals surface area contributed by atoms with E-state index in [1.165, 1.54) is 24.3 Å². The van der Waals surface area contributed by atoms with Crippen LogP contribution in [-0.2, 0) is 27.9 Å². The SMILES string of the molecule is C[C@H]1N(C(=O)c2ccc(C(F)(F)F)cc2)C(=O)CO[C@@]1(Cn1cncn1)c1ccc(F)cc1F. The summed E-state index contributed by atoms with van der Waals surface area (Å²) < 4.78 is 74.3. The van der Waals surface area contributed by atoms with Crippen molar-refractivity contribution < 1.29 is 36.3 Å². The van der Waals surface area contributed by atoms with Crippen molar-refractivity contribution in [1.29, 1.82) is 0 Å². The van der Waals surface area contributed by atoms with Crippen LogP contribution in [0.4, 0.5) is 22.0 Å². The molecule has 2 atom stereocenters. The summed E-state index contributed by atoms with van der Waals surface area (Å²) in [5, 5.41) is 3.98. The molecule has 1 aliphatic rings. The van der Waals surface area contributed by atoms with Crippen LogP contribution in [-0.4, -0.2) is 44.1 Å². The monoisotopic (exact) mass is 480 g/mol. The third-order valence-corrected chi connectivity index (χ3v) is 5.71. The largest absolute Gasteiger partial charge is 0.416 e. The number of hydrogen-bond donors (Lipinski definition) is 0. The Morgan fingerprint density at radius 1 is 1.18 bits per heavy atom. The summed E-state index contributed by atoms with van der Waals surface area (Å²) in [7, 11) is 0. The molecular weight excluding hydrogens is 463 g/mol. The zero-order chi connectivity index (χ0) is 24.7. The predicted molar refractivity (Wildman–Crippen MR) is 106 cm³/mol. The lowest BCUT2D eigenvalue weighted by molar-refractivity contribution is -0.177. The summed E-state index contributed by atoms with van der Waals surface area (Å²) in [6.45, 7) is 0.599. The Balaban J connectivity index is 1.77. The van der Waals surface area contributed by atoms with Gasteiger partial charge in [0, 0.05) is 17.2 Å². The number of nitrogens with zero attached hydrogens (tertiary/aromatic N) is 4. The van der Waals surface area contributed by atoms with Crippen molar-refractivity contribution in [1.82, 2.24) is 19.7 Å². The van der Waals surface area contributed by atoms with Crippen molar-refractivity contribution in [3.05, 3.63) is 83.4 Å². The molecule has 3 aromatic rings. The van der Waals surface area contributed by atoms with E-state index in [-0.39, 0.29) is 17.7 Å². The Hall–Kier alpha value is -3.67. The maximum Gasteiger partial charge on any atom is 0.416 e. The van der Waals surface area contributed by atoms with Crippen LogP contribution in [0.25, 0.3) is 0 Å². The Kier molecular flexibility index (Phi) is 5.94. The van der Waals surface area contributed by atoms with Gasteiger partial charge in [0.05, 0.1) is 18.2 Å². The minimum Gasteiger partial charge on any atom is -0.356 e. The molecule has 0 saturated carbocycles. The van der Waals surface area contributed by atoms with Gasteiger partial charge in [-0.2, -0.15) is 18.3 Å². The molecule has 1 saturated heterocycles. The lowest BCUT2D eigenvalue weighted by Gasteiger charge is -2.47. The summed E-state index contributed by atoms with van der Waals surface area (Å²) in [6.07, 6.45) is -2.06. The van der Waals surface area contributed by atoms with Gasteiger partial charge in [-0.3, -0.25) is 14.5 Å². The van der Waals surface area contributed by atoms with Gasteiger partial charge in [0.25, 0.3) is 11.8 Å². The number of amides is 2. The Bertz CT molecular complexity index is 1210. The van der Waals surface area contributed by atoms with E-state index in [0.29, 0.717) is 6.07 Å².